The third-order valence-electron chi connectivity index (χ3n) is 6.06. The fourth-order valence-corrected chi connectivity index (χ4v) is 4.52. The number of carbonyl (C=O) groups is 1. The third-order valence-corrected chi connectivity index (χ3v) is 6.06. The van der Waals surface area contributed by atoms with Crippen LogP contribution in [-0.4, -0.2) is 25.5 Å². The van der Waals surface area contributed by atoms with E-state index in [-0.39, 0.29) is 16.9 Å². The van der Waals surface area contributed by atoms with Gasteiger partial charge >= 0.3 is 0 Å². The van der Waals surface area contributed by atoms with Crippen LogP contribution in [0.1, 0.15) is 43.9 Å². The summed E-state index contributed by atoms with van der Waals surface area (Å²) < 4.78 is 1.73. The van der Waals surface area contributed by atoms with Crippen molar-refractivity contribution < 1.29 is 9.72 Å². The minimum Gasteiger partial charge on any atom is -0.328 e. The minimum absolute atomic E-state index is 0.00662. The van der Waals surface area contributed by atoms with Gasteiger partial charge in [-0.25, -0.2) is 4.68 Å². The highest BCUT2D eigenvalue weighted by Gasteiger charge is 2.42. The van der Waals surface area contributed by atoms with Gasteiger partial charge in [0.25, 0.3) is 5.69 Å². The van der Waals surface area contributed by atoms with E-state index in [4.69, 9.17) is 10.1 Å². The number of aromatic nitrogens is 3. The Hall–Kier alpha value is -3.81. The number of nitro groups is 1. The summed E-state index contributed by atoms with van der Waals surface area (Å²) in [4.78, 5) is 28.7. The number of aryl methyl sites for hydroxylation is 1. The number of nitro benzene ring substituents is 1. The predicted octanol–water partition coefficient (Wildman–Crippen LogP) is 4.82. The van der Waals surface area contributed by atoms with Crippen LogP contribution in [0.4, 0.5) is 11.6 Å². The highest BCUT2D eigenvalue weighted by Crippen LogP contribution is 2.45. The van der Waals surface area contributed by atoms with Gasteiger partial charge in [0, 0.05) is 35.4 Å². The Morgan fingerprint density at radius 2 is 1.78 bits per heavy atom. The first kappa shape index (κ1) is 20.1. The number of hydrogen-bond donors (Lipinski definition) is 1. The van der Waals surface area contributed by atoms with E-state index in [1.165, 1.54) is 12.1 Å². The molecule has 1 atom stereocenters. The summed E-state index contributed by atoms with van der Waals surface area (Å²) in [6.45, 7) is 6.18. The summed E-state index contributed by atoms with van der Waals surface area (Å²) in [6.07, 6.45) is 1.15. The summed E-state index contributed by atoms with van der Waals surface area (Å²) >= 11 is 0. The third kappa shape index (κ3) is 3.37. The lowest BCUT2D eigenvalue weighted by Gasteiger charge is -2.38. The Morgan fingerprint density at radius 3 is 2.44 bits per heavy atom. The van der Waals surface area contributed by atoms with Gasteiger partial charge in [0.05, 0.1) is 4.92 Å². The second-order valence-corrected chi connectivity index (χ2v) is 9.28. The van der Waals surface area contributed by atoms with E-state index in [9.17, 15) is 14.9 Å². The van der Waals surface area contributed by atoms with Crippen molar-refractivity contribution in [3.05, 3.63) is 81.0 Å². The molecule has 2 aliphatic rings. The van der Waals surface area contributed by atoms with Gasteiger partial charge in [-0.1, -0.05) is 43.7 Å². The van der Waals surface area contributed by atoms with Crippen molar-refractivity contribution in [2.75, 3.05) is 5.32 Å². The van der Waals surface area contributed by atoms with Crippen LogP contribution in [0.3, 0.4) is 0 Å². The number of benzene rings is 2. The molecular formula is C24H23N5O3. The Balaban J connectivity index is 1.66. The number of fused-ring (bicyclic) bond motifs is 1. The summed E-state index contributed by atoms with van der Waals surface area (Å²) in [5, 5.41) is 19.2. The normalized spacial score (nSPS) is 19.2. The molecule has 0 fully saturated rings. The van der Waals surface area contributed by atoms with Crippen molar-refractivity contribution in [3.63, 3.8) is 0 Å². The smallest absolute Gasteiger partial charge is 0.269 e. The summed E-state index contributed by atoms with van der Waals surface area (Å²) in [5.41, 5.74) is 4.14. The molecule has 32 heavy (non-hydrogen) atoms. The molecule has 0 radical (unpaired) electrons. The van der Waals surface area contributed by atoms with Gasteiger partial charge in [-0.05, 0) is 36.5 Å². The molecule has 1 aromatic heterocycles. The van der Waals surface area contributed by atoms with Gasteiger partial charge < -0.3 is 5.32 Å². The fraction of sp³-hybridized carbons (Fsp3) is 0.292. The van der Waals surface area contributed by atoms with Crippen molar-refractivity contribution in [1.29, 1.82) is 0 Å². The van der Waals surface area contributed by atoms with Crippen LogP contribution in [0.5, 0.6) is 0 Å². The molecule has 0 saturated carbocycles. The molecule has 0 saturated heterocycles. The van der Waals surface area contributed by atoms with Gasteiger partial charge in [0.15, 0.2) is 11.6 Å². The maximum atomic E-state index is 13.3. The molecular weight excluding hydrogens is 406 g/mol. The van der Waals surface area contributed by atoms with Gasteiger partial charge in [-0.15, -0.1) is 5.10 Å². The van der Waals surface area contributed by atoms with Crippen LogP contribution in [0.15, 0.2) is 59.8 Å². The largest absolute Gasteiger partial charge is 0.328 e. The quantitative estimate of drug-likeness (QED) is 0.473. The fourth-order valence-electron chi connectivity index (χ4n) is 4.52. The Morgan fingerprint density at radius 1 is 1.09 bits per heavy atom. The number of nitrogens with zero attached hydrogens (tertiary/aromatic N) is 4. The van der Waals surface area contributed by atoms with Crippen LogP contribution in [0.25, 0.3) is 11.4 Å². The molecule has 2 aromatic carbocycles. The lowest BCUT2D eigenvalue weighted by atomic mass is 9.73. The molecule has 3 aromatic rings. The Bertz CT molecular complexity index is 1270. The second-order valence-electron chi connectivity index (χ2n) is 9.28. The van der Waals surface area contributed by atoms with Gasteiger partial charge in [-0.3, -0.25) is 14.9 Å². The highest BCUT2D eigenvalue weighted by atomic mass is 16.6. The number of ketones is 1. The zero-order valence-electron chi connectivity index (χ0n) is 18.1. The van der Waals surface area contributed by atoms with Crippen molar-refractivity contribution in [3.8, 4) is 11.4 Å². The maximum Gasteiger partial charge on any atom is 0.269 e. The van der Waals surface area contributed by atoms with Crippen molar-refractivity contribution >= 4 is 17.4 Å². The zero-order valence-corrected chi connectivity index (χ0v) is 18.1. The van der Waals surface area contributed by atoms with E-state index in [1.807, 2.05) is 31.2 Å². The van der Waals surface area contributed by atoms with Crippen molar-refractivity contribution in [1.82, 2.24) is 14.8 Å². The average molecular weight is 429 g/mol. The van der Waals surface area contributed by atoms with Crippen LogP contribution < -0.4 is 5.32 Å². The molecule has 2 heterocycles. The number of carbonyl (C=O) groups excluding carboxylic acids is 1. The number of allylic oxidation sites excluding steroid dienone is 2. The first-order valence-electron chi connectivity index (χ1n) is 10.5. The molecule has 8 heteroatoms. The number of nitrogens with one attached hydrogen (secondary N) is 1. The van der Waals surface area contributed by atoms with E-state index in [0.717, 1.165) is 22.4 Å². The first-order valence-corrected chi connectivity index (χ1v) is 10.5. The van der Waals surface area contributed by atoms with Gasteiger partial charge in [0.1, 0.15) is 6.04 Å². The Kier molecular flexibility index (Phi) is 4.47. The molecule has 1 aliphatic heterocycles. The number of hydrogen-bond acceptors (Lipinski definition) is 6. The van der Waals surface area contributed by atoms with Crippen molar-refractivity contribution in [2.45, 2.75) is 39.7 Å². The second kappa shape index (κ2) is 7.12. The Labute approximate surface area is 185 Å². The van der Waals surface area contributed by atoms with Crippen LogP contribution in [0, 0.1) is 22.5 Å². The van der Waals surface area contributed by atoms with Crippen molar-refractivity contribution in [2.24, 2.45) is 5.41 Å². The number of Topliss-reactive ketones (excluding diaryl/α,β-unsaturated/α-hetero) is 1. The van der Waals surface area contributed by atoms with Crippen LogP contribution in [-0.2, 0) is 4.79 Å². The molecule has 1 unspecified atom stereocenters. The zero-order chi connectivity index (χ0) is 22.6. The summed E-state index contributed by atoms with van der Waals surface area (Å²) in [5.74, 6) is 1.18. The molecule has 0 spiro atoms. The number of non-ortho nitro benzene ring substituents is 1. The topological polar surface area (TPSA) is 103 Å². The summed E-state index contributed by atoms with van der Waals surface area (Å²) in [7, 11) is 0. The van der Waals surface area contributed by atoms with E-state index < -0.39 is 11.0 Å². The average Bonchev–Trinajstić information content (AvgIpc) is 3.15. The minimum atomic E-state index is -0.489. The summed E-state index contributed by atoms with van der Waals surface area (Å²) in [6, 6.07) is 13.8. The molecule has 1 aliphatic carbocycles. The van der Waals surface area contributed by atoms with E-state index in [2.05, 4.69) is 19.2 Å². The van der Waals surface area contributed by atoms with Crippen LogP contribution >= 0.6 is 0 Å². The predicted molar refractivity (Wildman–Crippen MR) is 120 cm³/mol. The number of rotatable bonds is 3. The molecule has 0 bridgehead atoms. The number of anilines is 1. The van der Waals surface area contributed by atoms with E-state index in [0.29, 0.717) is 30.2 Å². The molecule has 5 rings (SSSR count). The highest BCUT2D eigenvalue weighted by molar-refractivity contribution is 6.00. The molecule has 8 nitrogen and oxygen atoms in total. The van der Waals surface area contributed by atoms with Crippen LogP contribution in [0.2, 0.25) is 0 Å². The molecule has 0 amide bonds. The monoisotopic (exact) mass is 429 g/mol. The maximum absolute atomic E-state index is 13.3. The van der Waals surface area contributed by atoms with E-state index in [1.54, 1.807) is 16.8 Å². The van der Waals surface area contributed by atoms with Gasteiger partial charge in [-0.2, -0.15) is 4.98 Å². The SMILES string of the molecule is Cc1ccc(-c2nc3n(n2)C(c2ccc([N+](=O)[O-])cc2)C2=C(CC(C)(C)CC2=O)N3)cc1. The van der Waals surface area contributed by atoms with Gasteiger partial charge in [0.2, 0.25) is 5.95 Å². The molecule has 162 valence electrons. The lowest BCUT2D eigenvalue weighted by Crippen LogP contribution is -2.36. The standard InChI is InChI=1S/C24H23N5O3/c1-14-4-6-16(7-5-14)22-26-23-25-18-12-24(2,3)13-19(30)20(18)21(28(23)27-22)15-8-10-17(11-9-15)29(31)32/h4-11,21H,12-13H2,1-3H3,(H,25,26,27). The first-order chi connectivity index (χ1) is 15.2. The molecule has 1 N–H and O–H groups in total. The lowest BCUT2D eigenvalue weighted by molar-refractivity contribution is -0.384. The van der Waals surface area contributed by atoms with E-state index >= 15 is 0 Å².